The molecule has 0 spiro atoms. The van der Waals surface area contributed by atoms with Gasteiger partial charge >= 0.3 is 5.97 Å². The number of carbonyl (C=O) groups is 1. The van der Waals surface area contributed by atoms with Gasteiger partial charge in [0.15, 0.2) is 10.8 Å². The summed E-state index contributed by atoms with van der Waals surface area (Å²) in [6.45, 7) is 1.49. The second kappa shape index (κ2) is 8.58. The predicted molar refractivity (Wildman–Crippen MR) is 108 cm³/mol. The monoisotopic (exact) mass is 436 g/mol. The molecule has 2 aliphatic rings. The molecule has 2 N–H and O–H groups in total. The van der Waals surface area contributed by atoms with Crippen molar-refractivity contribution in [3.05, 3.63) is 63.0 Å². The molecule has 2 aliphatic heterocycles. The van der Waals surface area contributed by atoms with Crippen LogP contribution < -0.4 is 5.32 Å². The maximum absolute atomic E-state index is 13.5. The van der Waals surface area contributed by atoms with Gasteiger partial charge in [-0.25, -0.2) is 9.37 Å². The van der Waals surface area contributed by atoms with Crippen LogP contribution in [0.3, 0.4) is 0 Å². The van der Waals surface area contributed by atoms with Crippen molar-refractivity contribution < 1.29 is 19.0 Å². The van der Waals surface area contributed by atoms with Crippen molar-refractivity contribution in [2.45, 2.75) is 12.1 Å². The Morgan fingerprint density at radius 2 is 2.34 bits per heavy atom. The fraction of sp³-hybridized carbons (Fsp3) is 0.316. The number of aliphatic imine (C=N–C) groups is 1. The second-order valence-electron chi connectivity index (χ2n) is 6.64. The van der Waals surface area contributed by atoms with Crippen LogP contribution >= 0.6 is 22.9 Å². The zero-order valence-electron chi connectivity index (χ0n) is 15.2. The highest BCUT2D eigenvalue weighted by Gasteiger charge is 2.31. The highest BCUT2D eigenvalue weighted by Crippen LogP contribution is 2.31. The third kappa shape index (κ3) is 4.48. The number of hydrogen-bond acceptors (Lipinski definition) is 7. The van der Waals surface area contributed by atoms with Crippen LogP contribution in [0.15, 0.2) is 46.5 Å². The number of carboxylic acid groups (broad SMARTS) is 1. The normalized spacial score (nSPS) is 22.6. The molecule has 0 aliphatic carbocycles. The zero-order chi connectivity index (χ0) is 20.4. The molecular formula is C19H18ClFN4O3S. The molecule has 152 valence electrons. The number of ether oxygens (including phenoxy) is 1. The van der Waals surface area contributed by atoms with E-state index in [-0.39, 0.29) is 11.6 Å². The Kier molecular flexibility index (Phi) is 5.91. The van der Waals surface area contributed by atoms with E-state index in [9.17, 15) is 14.3 Å². The van der Waals surface area contributed by atoms with Crippen LogP contribution in [-0.4, -0.2) is 59.1 Å². The lowest BCUT2D eigenvalue weighted by molar-refractivity contribution is -0.149. The minimum atomic E-state index is -0.923. The van der Waals surface area contributed by atoms with Crippen LogP contribution in [0.5, 0.6) is 0 Å². The van der Waals surface area contributed by atoms with E-state index in [1.54, 1.807) is 12.3 Å². The number of aliphatic carboxylic acids is 1. The molecule has 1 fully saturated rings. The number of nitrogens with one attached hydrogen (secondary N) is 1. The van der Waals surface area contributed by atoms with E-state index in [0.717, 1.165) is 5.70 Å². The fourth-order valence-electron chi connectivity index (χ4n) is 3.31. The molecule has 0 bridgehead atoms. The van der Waals surface area contributed by atoms with Gasteiger partial charge in [0.1, 0.15) is 11.9 Å². The van der Waals surface area contributed by atoms with Crippen LogP contribution in [0.4, 0.5) is 4.39 Å². The average molecular weight is 437 g/mol. The van der Waals surface area contributed by atoms with Crippen molar-refractivity contribution in [3.63, 3.8) is 0 Å². The van der Waals surface area contributed by atoms with E-state index in [0.29, 0.717) is 36.1 Å². The van der Waals surface area contributed by atoms with E-state index in [2.05, 4.69) is 10.3 Å². The molecule has 1 aromatic heterocycles. The molecule has 1 aromatic carbocycles. The van der Waals surface area contributed by atoms with Gasteiger partial charge in [0.05, 0.1) is 19.3 Å². The van der Waals surface area contributed by atoms with E-state index < -0.39 is 23.9 Å². The van der Waals surface area contributed by atoms with Crippen molar-refractivity contribution in [1.29, 1.82) is 0 Å². The van der Waals surface area contributed by atoms with E-state index in [1.165, 1.54) is 23.5 Å². The number of benzene rings is 1. The summed E-state index contributed by atoms with van der Waals surface area (Å²) in [7, 11) is 0. The number of carboxylic acids is 1. The summed E-state index contributed by atoms with van der Waals surface area (Å²) in [5.41, 5.74) is 1.45. The van der Waals surface area contributed by atoms with Gasteiger partial charge in [-0.2, -0.15) is 0 Å². The number of nitrogens with zero attached hydrogens (tertiary/aromatic N) is 3. The Labute approximate surface area is 175 Å². The molecule has 10 heteroatoms. The van der Waals surface area contributed by atoms with Gasteiger partial charge in [-0.1, -0.05) is 17.7 Å². The first-order valence-electron chi connectivity index (χ1n) is 8.96. The van der Waals surface area contributed by atoms with Crippen molar-refractivity contribution in [2.24, 2.45) is 4.99 Å². The number of amidine groups is 1. The van der Waals surface area contributed by atoms with Gasteiger partial charge in [-0.3, -0.25) is 14.7 Å². The Hall–Kier alpha value is -2.33. The van der Waals surface area contributed by atoms with Gasteiger partial charge in [-0.15, -0.1) is 11.3 Å². The third-order valence-electron chi connectivity index (χ3n) is 4.72. The van der Waals surface area contributed by atoms with Crippen LogP contribution in [0.25, 0.3) is 0 Å². The fourth-order valence-corrected chi connectivity index (χ4v) is 4.18. The Bertz CT molecular complexity index is 966. The Morgan fingerprint density at radius 1 is 1.48 bits per heavy atom. The summed E-state index contributed by atoms with van der Waals surface area (Å²) in [6, 6.07) is 3.05. The van der Waals surface area contributed by atoms with Crippen LogP contribution in [0, 0.1) is 5.82 Å². The summed E-state index contributed by atoms with van der Waals surface area (Å²) in [5, 5.41) is 15.6. The zero-order valence-corrected chi connectivity index (χ0v) is 16.8. The number of halogens is 2. The molecular weight excluding hydrogens is 419 g/mol. The molecule has 0 amide bonds. The molecule has 0 radical (unpaired) electrons. The number of thiazole rings is 1. The standard InChI is InChI=1S/C19H18ClFN4O3S/c20-14-7-11(21)1-2-13(14)15-8-12(23-17(24-15)18-22-3-6-29-18)9-25-4-5-28-10-16(25)19(26)27/h1-3,6-8,15-16H,4-5,9-10H2,(H,23,24)(H,26,27)/t15?,16-/m0/s1. The van der Waals surface area contributed by atoms with E-state index in [4.69, 9.17) is 21.3 Å². The van der Waals surface area contributed by atoms with Crippen molar-refractivity contribution in [2.75, 3.05) is 26.3 Å². The minimum absolute atomic E-state index is 0.142. The second-order valence-corrected chi connectivity index (χ2v) is 7.94. The van der Waals surface area contributed by atoms with Gasteiger partial charge in [0.2, 0.25) is 0 Å². The minimum Gasteiger partial charge on any atom is -0.480 e. The third-order valence-corrected chi connectivity index (χ3v) is 5.83. The quantitative estimate of drug-likeness (QED) is 0.749. The Morgan fingerprint density at radius 3 is 3.07 bits per heavy atom. The summed E-state index contributed by atoms with van der Waals surface area (Å²) < 4.78 is 18.8. The molecule has 29 heavy (non-hydrogen) atoms. The van der Waals surface area contributed by atoms with Crippen molar-refractivity contribution >= 4 is 34.7 Å². The van der Waals surface area contributed by atoms with E-state index in [1.807, 2.05) is 16.4 Å². The maximum Gasteiger partial charge on any atom is 0.323 e. The molecule has 0 saturated carbocycles. The van der Waals surface area contributed by atoms with Crippen molar-refractivity contribution in [1.82, 2.24) is 15.2 Å². The average Bonchev–Trinajstić information content (AvgIpc) is 3.23. The lowest BCUT2D eigenvalue weighted by Crippen LogP contribution is -2.51. The van der Waals surface area contributed by atoms with Gasteiger partial charge in [0.25, 0.3) is 0 Å². The topological polar surface area (TPSA) is 87.1 Å². The predicted octanol–water partition coefficient (Wildman–Crippen LogP) is 2.70. The molecule has 1 unspecified atom stereocenters. The number of morpholine rings is 1. The highest BCUT2D eigenvalue weighted by molar-refractivity contribution is 7.11. The highest BCUT2D eigenvalue weighted by atomic mass is 35.5. The molecule has 3 heterocycles. The molecule has 4 rings (SSSR count). The van der Waals surface area contributed by atoms with E-state index >= 15 is 0 Å². The number of rotatable bonds is 5. The first-order chi connectivity index (χ1) is 14.0. The SMILES string of the molecule is O=C(O)[C@@H]1COCCN1CC1=CC(c2ccc(F)cc2Cl)N=C(c2nccs2)N1. The first-order valence-corrected chi connectivity index (χ1v) is 10.2. The van der Waals surface area contributed by atoms with Gasteiger partial charge in [0, 0.05) is 35.4 Å². The lowest BCUT2D eigenvalue weighted by atomic mass is 10.0. The summed E-state index contributed by atoms with van der Waals surface area (Å²) in [4.78, 5) is 22.4. The molecule has 1 saturated heterocycles. The maximum atomic E-state index is 13.5. The van der Waals surface area contributed by atoms with Gasteiger partial charge in [-0.05, 0) is 23.8 Å². The Balaban J connectivity index is 1.65. The number of hydrogen-bond donors (Lipinski definition) is 2. The molecule has 2 atom stereocenters. The number of aromatic nitrogens is 1. The largest absolute Gasteiger partial charge is 0.480 e. The summed E-state index contributed by atoms with van der Waals surface area (Å²) >= 11 is 7.70. The van der Waals surface area contributed by atoms with Crippen LogP contribution in [0.1, 0.15) is 16.6 Å². The summed E-state index contributed by atoms with van der Waals surface area (Å²) in [5.74, 6) is -0.769. The van der Waals surface area contributed by atoms with Crippen LogP contribution in [-0.2, 0) is 9.53 Å². The first kappa shape index (κ1) is 20.0. The molecule has 2 aromatic rings. The van der Waals surface area contributed by atoms with Crippen LogP contribution in [0.2, 0.25) is 5.02 Å². The van der Waals surface area contributed by atoms with Gasteiger partial charge < -0.3 is 15.2 Å². The summed E-state index contributed by atoms with van der Waals surface area (Å²) in [6.07, 6.45) is 3.56. The smallest absolute Gasteiger partial charge is 0.323 e. The van der Waals surface area contributed by atoms with Crippen molar-refractivity contribution in [3.8, 4) is 0 Å². The molecule has 7 nitrogen and oxygen atoms in total. The lowest BCUT2D eigenvalue weighted by Gasteiger charge is -2.34.